The minimum atomic E-state index is -1.36. The van der Waals surface area contributed by atoms with Gasteiger partial charge in [-0.1, -0.05) is 0 Å². The van der Waals surface area contributed by atoms with Gasteiger partial charge in [-0.25, -0.2) is 9.37 Å². The van der Waals surface area contributed by atoms with Crippen LogP contribution in [0, 0.1) is 11.8 Å². The second kappa shape index (κ2) is 5.33. The SMILES string of the molecule is CNC(=O)C(C)NC(=O)c1ccnc(F)c1F. The molecule has 1 rings (SSSR count). The molecule has 17 heavy (non-hydrogen) atoms. The molecule has 0 radical (unpaired) electrons. The normalized spacial score (nSPS) is 11.8. The molecule has 0 saturated carbocycles. The van der Waals surface area contributed by atoms with Gasteiger partial charge in [-0.05, 0) is 13.0 Å². The molecular weight excluding hydrogens is 232 g/mol. The number of carbonyl (C=O) groups is 2. The Bertz CT molecular complexity index is 451. The number of nitrogens with zero attached hydrogens (tertiary/aromatic N) is 1. The van der Waals surface area contributed by atoms with Crippen molar-refractivity contribution in [1.82, 2.24) is 15.6 Å². The monoisotopic (exact) mass is 243 g/mol. The third-order valence-corrected chi connectivity index (χ3v) is 2.08. The van der Waals surface area contributed by atoms with E-state index in [-0.39, 0.29) is 0 Å². The number of nitrogens with one attached hydrogen (secondary N) is 2. The van der Waals surface area contributed by atoms with E-state index in [9.17, 15) is 18.4 Å². The van der Waals surface area contributed by atoms with Gasteiger partial charge in [0.1, 0.15) is 6.04 Å². The Morgan fingerprint density at radius 2 is 2.06 bits per heavy atom. The fourth-order valence-electron chi connectivity index (χ4n) is 1.15. The van der Waals surface area contributed by atoms with Crippen LogP contribution in [-0.4, -0.2) is 29.9 Å². The van der Waals surface area contributed by atoms with Gasteiger partial charge in [0.05, 0.1) is 5.56 Å². The van der Waals surface area contributed by atoms with Crippen molar-refractivity contribution in [2.75, 3.05) is 7.05 Å². The lowest BCUT2D eigenvalue weighted by Crippen LogP contribution is -2.43. The van der Waals surface area contributed by atoms with Crippen LogP contribution in [0.3, 0.4) is 0 Å². The Balaban J connectivity index is 2.84. The molecule has 0 aliphatic rings. The Labute approximate surface area is 96.2 Å². The standard InChI is InChI=1S/C10H11F2N3O2/c1-5(9(16)13-2)15-10(17)6-3-4-14-8(12)7(6)11/h3-5H,1-2H3,(H,13,16)(H,15,17). The van der Waals surface area contributed by atoms with Gasteiger partial charge in [-0.2, -0.15) is 4.39 Å². The van der Waals surface area contributed by atoms with E-state index in [1.807, 2.05) is 0 Å². The summed E-state index contributed by atoms with van der Waals surface area (Å²) in [7, 11) is 1.40. The topological polar surface area (TPSA) is 71.1 Å². The number of hydrogen-bond acceptors (Lipinski definition) is 3. The molecule has 0 saturated heterocycles. The maximum Gasteiger partial charge on any atom is 0.255 e. The molecule has 0 aliphatic heterocycles. The third kappa shape index (κ3) is 2.96. The molecule has 0 fully saturated rings. The molecule has 1 aromatic rings. The summed E-state index contributed by atoms with van der Waals surface area (Å²) < 4.78 is 25.9. The summed E-state index contributed by atoms with van der Waals surface area (Å²) in [6, 6.07) is 0.188. The number of pyridine rings is 1. The number of rotatable bonds is 3. The van der Waals surface area contributed by atoms with Gasteiger partial charge in [0.25, 0.3) is 5.91 Å². The summed E-state index contributed by atoms with van der Waals surface area (Å²) in [6.07, 6.45) is 0.970. The van der Waals surface area contributed by atoms with Gasteiger partial charge in [0.2, 0.25) is 11.9 Å². The van der Waals surface area contributed by atoms with Gasteiger partial charge in [0.15, 0.2) is 5.82 Å². The second-order valence-electron chi connectivity index (χ2n) is 3.27. The molecule has 0 aliphatic carbocycles. The average Bonchev–Trinajstić information content (AvgIpc) is 2.31. The number of amides is 2. The molecule has 5 nitrogen and oxygen atoms in total. The molecular formula is C10H11F2N3O2. The largest absolute Gasteiger partial charge is 0.357 e. The number of aromatic nitrogens is 1. The zero-order valence-corrected chi connectivity index (χ0v) is 9.25. The molecule has 7 heteroatoms. The first-order valence-corrected chi connectivity index (χ1v) is 4.79. The van der Waals surface area contributed by atoms with Crippen LogP contribution in [-0.2, 0) is 4.79 Å². The van der Waals surface area contributed by atoms with E-state index in [0.717, 1.165) is 12.3 Å². The van der Waals surface area contributed by atoms with E-state index in [4.69, 9.17) is 0 Å². The van der Waals surface area contributed by atoms with E-state index < -0.39 is 35.2 Å². The van der Waals surface area contributed by atoms with Gasteiger partial charge in [-0.15, -0.1) is 0 Å². The van der Waals surface area contributed by atoms with Gasteiger partial charge >= 0.3 is 0 Å². The summed E-state index contributed by atoms with van der Waals surface area (Å²) in [5.74, 6) is -4.01. The number of halogens is 2. The first-order chi connectivity index (χ1) is 7.97. The lowest BCUT2D eigenvalue weighted by molar-refractivity contribution is -0.122. The molecule has 0 bridgehead atoms. The zero-order chi connectivity index (χ0) is 13.0. The lowest BCUT2D eigenvalue weighted by Gasteiger charge is -2.12. The molecule has 0 spiro atoms. The Hall–Kier alpha value is -2.05. The molecule has 1 atom stereocenters. The van der Waals surface area contributed by atoms with Crippen molar-refractivity contribution in [3.05, 3.63) is 29.6 Å². The zero-order valence-electron chi connectivity index (χ0n) is 9.25. The van der Waals surface area contributed by atoms with E-state index in [1.54, 1.807) is 0 Å². The van der Waals surface area contributed by atoms with Crippen LogP contribution in [0.5, 0.6) is 0 Å². The maximum atomic E-state index is 13.2. The summed E-state index contributed by atoms with van der Waals surface area (Å²) in [6.45, 7) is 1.42. The first-order valence-electron chi connectivity index (χ1n) is 4.79. The molecule has 2 N–H and O–H groups in total. The minimum Gasteiger partial charge on any atom is -0.357 e. The van der Waals surface area contributed by atoms with E-state index in [1.165, 1.54) is 14.0 Å². The fourth-order valence-corrected chi connectivity index (χ4v) is 1.15. The molecule has 2 amide bonds. The van der Waals surface area contributed by atoms with E-state index in [2.05, 4.69) is 15.6 Å². The van der Waals surface area contributed by atoms with Crippen molar-refractivity contribution in [3.8, 4) is 0 Å². The van der Waals surface area contributed by atoms with Crippen molar-refractivity contribution in [1.29, 1.82) is 0 Å². The van der Waals surface area contributed by atoms with Crippen LogP contribution in [0.2, 0.25) is 0 Å². The van der Waals surface area contributed by atoms with Crippen molar-refractivity contribution in [3.63, 3.8) is 0 Å². The highest BCUT2D eigenvalue weighted by Gasteiger charge is 2.20. The van der Waals surface area contributed by atoms with Crippen LogP contribution in [0.1, 0.15) is 17.3 Å². The summed E-state index contributed by atoms with van der Waals surface area (Å²) in [5.41, 5.74) is -0.492. The lowest BCUT2D eigenvalue weighted by atomic mass is 10.2. The van der Waals surface area contributed by atoms with Crippen molar-refractivity contribution in [2.45, 2.75) is 13.0 Å². The predicted octanol–water partition coefficient (Wildman–Crippen LogP) is 0.224. The third-order valence-electron chi connectivity index (χ3n) is 2.08. The van der Waals surface area contributed by atoms with Crippen LogP contribution in [0.25, 0.3) is 0 Å². The summed E-state index contributed by atoms with van der Waals surface area (Å²) in [5, 5.41) is 4.54. The number of carbonyl (C=O) groups excluding carboxylic acids is 2. The first kappa shape index (κ1) is 13.0. The molecule has 1 aromatic heterocycles. The van der Waals surface area contributed by atoms with Crippen LogP contribution in [0.15, 0.2) is 12.3 Å². The molecule has 0 aromatic carbocycles. The molecule has 1 unspecified atom stereocenters. The highest BCUT2D eigenvalue weighted by atomic mass is 19.2. The fraction of sp³-hybridized carbons (Fsp3) is 0.300. The minimum absolute atomic E-state index is 0.437. The van der Waals surface area contributed by atoms with Crippen LogP contribution >= 0.6 is 0 Å². The Morgan fingerprint density at radius 1 is 1.41 bits per heavy atom. The number of hydrogen-bond donors (Lipinski definition) is 2. The number of likely N-dealkylation sites (N-methyl/N-ethyl adjacent to an activating group) is 1. The van der Waals surface area contributed by atoms with Gasteiger partial charge in [0, 0.05) is 13.2 Å². The van der Waals surface area contributed by atoms with E-state index in [0.29, 0.717) is 0 Å². The smallest absolute Gasteiger partial charge is 0.255 e. The highest BCUT2D eigenvalue weighted by molar-refractivity contribution is 5.97. The summed E-state index contributed by atoms with van der Waals surface area (Å²) in [4.78, 5) is 25.7. The second-order valence-corrected chi connectivity index (χ2v) is 3.27. The van der Waals surface area contributed by atoms with Crippen molar-refractivity contribution >= 4 is 11.8 Å². The van der Waals surface area contributed by atoms with Gasteiger partial charge < -0.3 is 10.6 Å². The highest BCUT2D eigenvalue weighted by Crippen LogP contribution is 2.08. The Kier molecular flexibility index (Phi) is 4.08. The molecule has 92 valence electrons. The van der Waals surface area contributed by atoms with Gasteiger partial charge in [-0.3, -0.25) is 9.59 Å². The average molecular weight is 243 g/mol. The van der Waals surface area contributed by atoms with Crippen LogP contribution in [0.4, 0.5) is 8.78 Å². The van der Waals surface area contributed by atoms with Crippen LogP contribution < -0.4 is 10.6 Å². The Morgan fingerprint density at radius 3 is 2.65 bits per heavy atom. The van der Waals surface area contributed by atoms with Crippen molar-refractivity contribution in [2.24, 2.45) is 0 Å². The quantitative estimate of drug-likeness (QED) is 0.746. The maximum absolute atomic E-state index is 13.2. The molecule has 1 heterocycles. The predicted molar refractivity (Wildman–Crippen MR) is 55.1 cm³/mol. The summed E-state index contributed by atoms with van der Waals surface area (Å²) >= 11 is 0. The van der Waals surface area contributed by atoms with Crippen molar-refractivity contribution < 1.29 is 18.4 Å². The van der Waals surface area contributed by atoms with E-state index >= 15 is 0 Å².